The van der Waals surface area contributed by atoms with E-state index in [4.69, 9.17) is 21.1 Å². The molecule has 0 aliphatic carbocycles. The topological polar surface area (TPSA) is 105 Å². The van der Waals surface area contributed by atoms with E-state index in [0.29, 0.717) is 29.5 Å². The zero-order valence-electron chi connectivity index (χ0n) is 23.7. The number of methoxy groups -OCH3 is 2. The number of nitrogens with one attached hydrogen (secondary N) is 1. The molecule has 0 aromatic heterocycles. The third kappa shape index (κ3) is 8.14. The summed E-state index contributed by atoms with van der Waals surface area (Å²) in [4.78, 5) is 28.7. The van der Waals surface area contributed by atoms with Crippen LogP contribution in [0.2, 0.25) is 5.02 Å². The number of sulfonamides is 1. The molecule has 0 bridgehead atoms. The summed E-state index contributed by atoms with van der Waals surface area (Å²) in [6.45, 7) is 3.71. The van der Waals surface area contributed by atoms with Gasteiger partial charge >= 0.3 is 0 Å². The second-order valence-electron chi connectivity index (χ2n) is 9.26. The smallest absolute Gasteiger partial charge is 0.264 e. The molecule has 1 unspecified atom stereocenters. The highest BCUT2D eigenvalue weighted by atomic mass is 35.5. The summed E-state index contributed by atoms with van der Waals surface area (Å²) in [7, 11) is -1.20. The van der Waals surface area contributed by atoms with Gasteiger partial charge in [-0.15, -0.1) is 0 Å². The number of nitrogens with zero attached hydrogens (tertiary/aromatic N) is 2. The summed E-state index contributed by atoms with van der Waals surface area (Å²) in [6.07, 6.45) is 1.06. The lowest BCUT2D eigenvalue weighted by Crippen LogP contribution is -2.52. The van der Waals surface area contributed by atoms with Gasteiger partial charge in [-0.2, -0.15) is 0 Å². The molecule has 3 aromatic rings. The highest BCUT2D eigenvalue weighted by molar-refractivity contribution is 7.92. The molecule has 3 aromatic carbocycles. The molecule has 41 heavy (non-hydrogen) atoms. The predicted octanol–water partition coefficient (Wildman–Crippen LogP) is 4.89. The van der Waals surface area contributed by atoms with Crippen molar-refractivity contribution in [3.05, 3.63) is 83.4 Å². The van der Waals surface area contributed by atoms with Crippen LogP contribution in [0.15, 0.2) is 77.7 Å². The van der Waals surface area contributed by atoms with Crippen molar-refractivity contribution in [1.29, 1.82) is 0 Å². The van der Waals surface area contributed by atoms with Crippen LogP contribution in [0.5, 0.6) is 11.5 Å². The molecule has 3 rings (SSSR count). The van der Waals surface area contributed by atoms with Gasteiger partial charge in [0.05, 0.1) is 24.8 Å². The number of carbonyl (C=O) groups excluding carboxylic acids is 2. The third-order valence-corrected chi connectivity index (χ3v) is 8.47. The fraction of sp³-hybridized carbons (Fsp3) is 0.333. The molecule has 1 atom stereocenters. The lowest BCUT2D eigenvalue weighted by atomic mass is 10.1. The molecular formula is C30H36ClN3O6S. The minimum atomic E-state index is -4.22. The van der Waals surface area contributed by atoms with Gasteiger partial charge < -0.3 is 19.7 Å². The Hall–Kier alpha value is -3.76. The van der Waals surface area contributed by atoms with Crippen molar-refractivity contribution < 1.29 is 27.5 Å². The van der Waals surface area contributed by atoms with Crippen LogP contribution in [0, 0.1) is 0 Å². The van der Waals surface area contributed by atoms with Gasteiger partial charge in [-0.1, -0.05) is 43.6 Å². The number of rotatable bonds is 14. The first-order valence-electron chi connectivity index (χ1n) is 13.3. The average molecular weight is 602 g/mol. The molecule has 0 aliphatic heterocycles. The molecule has 220 valence electrons. The van der Waals surface area contributed by atoms with Crippen LogP contribution in [0.25, 0.3) is 0 Å². The van der Waals surface area contributed by atoms with Gasteiger partial charge in [-0.3, -0.25) is 13.9 Å². The Morgan fingerprint density at radius 3 is 2.22 bits per heavy atom. The van der Waals surface area contributed by atoms with Crippen molar-refractivity contribution in [2.75, 3.05) is 31.6 Å². The Balaban J connectivity index is 2.06. The minimum Gasteiger partial charge on any atom is -0.497 e. The summed E-state index contributed by atoms with van der Waals surface area (Å²) >= 11 is 6.22. The van der Waals surface area contributed by atoms with E-state index >= 15 is 0 Å². The number of carbonyl (C=O) groups is 2. The number of halogens is 1. The lowest BCUT2D eigenvalue weighted by molar-refractivity contribution is -0.140. The quantitative estimate of drug-likeness (QED) is 0.282. The largest absolute Gasteiger partial charge is 0.497 e. The van der Waals surface area contributed by atoms with Gasteiger partial charge in [0, 0.05) is 18.1 Å². The van der Waals surface area contributed by atoms with E-state index in [2.05, 4.69) is 5.32 Å². The zero-order valence-corrected chi connectivity index (χ0v) is 25.2. The Bertz CT molecular complexity index is 1430. The van der Waals surface area contributed by atoms with E-state index in [9.17, 15) is 18.0 Å². The fourth-order valence-corrected chi connectivity index (χ4v) is 5.88. The normalized spacial score (nSPS) is 11.8. The highest BCUT2D eigenvalue weighted by Crippen LogP contribution is 2.28. The van der Waals surface area contributed by atoms with Crippen molar-refractivity contribution in [3.63, 3.8) is 0 Å². The molecule has 0 heterocycles. The summed E-state index contributed by atoms with van der Waals surface area (Å²) in [5.41, 5.74) is 0.943. The molecule has 0 saturated heterocycles. The summed E-state index contributed by atoms with van der Waals surface area (Å²) in [6, 6.07) is 18.5. The molecule has 9 nitrogen and oxygen atoms in total. The molecule has 0 fully saturated rings. The number of hydrogen-bond donors (Lipinski definition) is 1. The van der Waals surface area contributed by atoms with E-state index in [-0.39, 0.29) is 23.0 Å². The molecule has 0 spiro atoms. The maximum atomic E-state index is 14.1. The summed E-state index contributed by atoms with van der Waals surface area (Å²) < 4.78 is 39.4. The van der Waals surface area contributed by atoms with Crippen molar-refractivity contribution in [2.24, 2.45) is 0 Å². The van der Waals surface area contributed by atoms with Crippen molar-refractivity contribution in [3.8, 4) is 11.5 Å². The van der Waals surface area contributed by atoms with Crippen LogP contribution in [-0.2, 0) is 26.2 Å². The first kappa shape index (κ1) is 31.8. The number of anilines is 1. The van der Waals surface area contributed by atoms with Crippen molar-refractivity contribution >= 4 is 39.1 Å². The zero-order chi connectivity index (χ0) is 30.0. The van der Waals surface area contributed by atoms with Gasteiger partial charge in [0.25, 0.3) is 10.0 Å². The molecule has 0 radical (unpaired) electrons. The van der Waals surface area contributed by atoms with Crippen LogP contribution in [0.4, 0.5) is 5.69 Å². The molecular weight excluding hydrogens is 566 g/mol. The second kappa shape index (κ2) is 14.7. The molecule has 0 aliphatic rings. The van der Waals surface area contributed by atoms with E-state index in [1.165, 1.54) is 42.3 Å². The number of benzene rings is 3. The standard InChI is InChI=1S/C30H36ClN3O6S/c1-5-17-32-30(36)28(6-2)33(20-22-9-7-12-26(18-22)40-4)29(35)21-34(24-11-8-10-23(31)19-24)41(37,38)27-15-13-25(39-3)14-16-27/h7-16,18-19,28H,5-6,17,20-21H2,1-4H3,(H,32,36). The van der Waals surface area contributed by atoms with E-state index < -0.39 is 28.5 Å². The Kier molecular flexibility index (Phi) is 11.4. The second-order valence-corrected chi connectivity index (χ2v) is 11.6. The number of hydrogen-bond acceptors (Lipinski definition) is 6. The number of amides is 2. The van der Waals surface area contributed by atoms with Crippen LogP contribution in [0.1, 0.15) is 32.3 Å². The lowest BCUT2D eigenvalue weighted by Gasteiger charge is -2.33. The molecule has 2 amide bonds. The van der Waals surface area contributed by atoms with Gasteiger partial charge in [0.15, 0.2) is 0 Å². The van der Waals surface area contributed by atoms with E-state index in [0.717, 1.165) is 16.3 Å². The monoisotopic (exact) mass is 601 g/mol. The van der Waals surface area contributed by atoms with E-state index in [1.54, 1.807) is 43.5 Å². The van der Waals surface area contributed by atoms with Crippen LogP contribution in [0.3, 0.4) is 0 Å². The fourth-order valence-electron chi connectivity index (χ4n) is 4.29. The maximum Gasteiger partial charge on any atom is 0.264 e. The third-order valence-electron chi connectivity index (χ3n) is 6.44. The van der Waals surface area contributed by atoms with Crippen LogP contribution < -0.4 is 19.1 Å². The van der Waals surface area contributed by atoms with Gasteiger partial charge in [-0.25, -0.2) is 8.42 Å². The molecule has 1 N–H and O–H groups in total. The van der Waals surface area contributed by atoms with Crippen LogP contribution >= 0.6 is 11.6 Å². The van der Waals surface area contributed by atoms with Crippen LogP contribution in [-0.4, -0.2) is 58.5 Å². The SMILES string of the molecule is CCCNC(=O)C(CC)N(Cc1cccc(OC)c1)C(=O)CN(c1cccc(Cl)c1)S(=O)(=O)c1ccc(OC)cc1. The van der Waals surface area contributed by atoms with Gasteiger partial charge in [0.1, 0.15) is 24.1 Å². The van der Waals surface area contributed by atoms with Gasteiger partial charge in [0.2, 0.25) is 11.8 Å². The maximum absolute atomic E-state index is 14.1. The first-order chi connectivity index (χ1) is 19.6. The highest BCUT2D eigenvalue weighted by Gasteiger charge is 2.33. The summed E-state index contributed by atoms with van der Waals surface area (Å²) in [5, 5.41) is 3.18. The average Bonchev–Trinajstić information content (AvgIpc) is 2.98. The molecule has 11 heteroatoms. The molecule has 0 saturated carbocycles. The van der Waals surface area contributed by atoms with E-state index in [1.807, 2.05) is 19.9 Å². The first-order valence-corrected chi connectivity index (χ1v) is 15.1. The van der Waals surface area contributed by atoms with Crippen molar-refractivity contribution in [1.82, 2.24) is 10.2 Å². The summed E-state index contributed by atoms with van der Waals surface area (Å²) in [5.74, 6) is 0.227. The van der Waals surface area contributed by atoms with Crippen molar-refractivity contribution in [2.45, 2.75) is 44.2 Å². The van der Waals surface area contributed by atoms with Gasteiger partial charge in [-0.05, 0) is 73.0 Å². The Morgan fingerprint density at radius 1 is 0.927 bits per heavy atom. The Labute approximate surface area is 247 Å². The Morgan fingerprint density at radius 2 is 1.61 bits per heavy atom. The predicted molar refractivity (Wildman–Crippen MR) is 160 cm³/mol. The minimum absolute atomic E-state index is 0.0295. The number of ether oxygens (including phenoxy) is 2.